The molecule has 0 radical (unpaired) electrons. The van der Waals surface area contributed by atoms with E-state index in [1.807, 2.05) is 0 Å². The quantitative estimate of drug-likeness (QED) is 0.806. The van der Waals surface area contributed by atoms with E-state index >= 15 is 0 Å². The summed E-state index contributed by atoms with van der Waals surface area (Å²) in [7, 11) is 0. The molecule has 1 aliphatic carbocycles. The van der Waals surface area contributed by atoms with Crippen molar-refractivity contribution in [2.24, 2.45) is 5.41 Å². The number of carbonyl (C=O) groups is 1. The Bertz CT molecular complexity index is 475. The number of nitrogens with one attached hydrogen (secondary N) is 1. The van der Waals surface area contributed by atoms with Gasteiger partial charge in [0.05, 0.1) is 5.56 Å². The zero-order valence-corrected chi connectivity index (χ0v) is 11.5. The Labute approximate surface area is 113 Å². The minimum atomic E-state index is -0.561. The van der Waals surface area contributed by atoms with Crippen molar-refractivity contribution in [2.45, 2.75) is 45.6 Å². The molecule has 104 valence electrons. The summed E-state index contributed by atoms with van der Waals surface area (Å²) in [4.78, 5) is 12.0. The normalized spacial score (nSPS) is 19.1. The second-order valence-electron chi connectivity index (χ2n) is 6.15. The molecule has 4 heteroatoms. The van der Waals surface area contributed by atoms with Gasteiger partial charge in [-0.2, -0.15) is 0 Å². The number of hydrogen-bond donors (Lipinski definition) is 2. The largest absolute Gasteiger partial charge is 0.399 e. The maximum atomic E-state index is 13.6. The molecule has 0 bridgehead atoms. The van der Waals surface area contributed by atoms with Crippen LogP contribution >= 0.6 is 0 Å². The number of rotatable bonds is 2. The second kappa shape index (κ2) is 5.19. The number of nitrogen functional groups attached to an aromatic ring is 1. The first-order valence-corrected chi connectivity index (χ1v) is 6.73. The zero-order valence-electron chi connectivity index (χ0n) is 11.5. The van der Waals surface area contributed by atoms with E-state index < -0.39 is 5.82 Å². The fraction of sp³-hybridized carbons (Fsp3) is 0.533. The highest BCUT2D eigenvalue weighted by Crippen LogP contribution is 2.35. The third-order valence-electron chi connectivity index (χ3n) is 3.91. The van der Waals surface area contributed by atoms with Crippen LogP contribution in [0.2, 0.25) is 0 Å². The van der Waals surface area contributed by atoms with E-state index in [4.69, 9.17) is 5.73 Å². The Morgan fingerprint density at radius 2 is 2.00 bits per heavy atom. The summed E-state index contributed by atoms with van der Waals surface area (Å²) in [5.41, 5.74) is 6.22. The highest BCUT2D eigenvalue weighted by Gasteiger charge is 2.28. The fourth-order valence-electron chi connectivity index (χ4n) is 2.52. The van der Waals surface area contributed by atoms with Gasteiger partial charge in [0.1, 0.15) is 5.82 Å². The van der Waals surface area contributed by atoms with Crippen molar-refractivity contribution in [3.05, 3.63) is 29.6 Å². The van der Waals surface area contributed by atoms with Crippen molar-refractivity contribution in [3.8, 4) is 0 Å². The van der Waals surface area contributed by atoms with Crippen LogP contribution in [0.4, 0.5) is 10.1 Å². The number of hydrogen-bond acceptors (Lipinski definition) is 2. The van der Waals surface area contributed by atoms with Crippen LogP contribution in [0.3, 0.4) is 0 Å². The lowest BCUT2D eigenvalue weighted by molar-refractivity contribution is 0.0905. The summed E-state index contributed by atoms with van der Waals surface area (Å²) >= 11 is 0. The third-order valence-corrected chi connectivity index (χ3v) is 3.91. The SMILES string of the molecule is CC1(C)CCC(NC(=O)c2ccc(N)cc2F)CC1. The molecule has 0 saturated heterocycles. The molecule has 19 heavy (non-hydrogen) atoms. The van der Waals surface area contributed by atoms with Crippen molar-refractivity contribution in [3.63, 3.8) is 0 Å². The van der Waals surface area contributed by atoms with Gasteiger partial charge in [-0.25, -0.2) is 4.39 Å². The number of nitrogens with two attached hydrogens (primary N) is 1. The smallest absolute Gasteiger partial charge is 0.254 e. The molecule has 0 unspecified atom stereocenters. The fourth-order valence-corrected chi connectivity index (χ4v) is 2.52. The maximum Gasteiger partial charge on any atom is 0.254 e. The summed E-state index contributed by atoms with van der Waals surface area (Å²) in [5, 5.41) is 2.91. The van der Waals surface area contributed by atoms with E-state index in [1.165, 1.54) is 12.1 Å². The summed E-state index contributed by atoms with van der Waals surface area (Å²) in [6.45, 7) is 4.48. The molecule has 1 saturated carbocycles. The van der Waals surface area contributed by atoms with E-state index in [2.05, 4.69) is 19.2 Å². The van der Waals surface area contributed by atoms with Gasteiger partial charge < -0.3 is 11.1 Å². The van der Waals surface area contributed by atoms with Gasteiger partial charge in [0.2, 0.25) is 0 Å². The van der Waals surface area contributed by atoms with Crippen molar-refractivity contribution in [1.82, 2.24) is 5.32 Å². The lowest BCUT2D eigenvalue weighted by Gasteiger charge is -2.34. The van der Waals surface area contributed by atoms with Crippen LogP contribution in [-0.2, 0) is 0 Å². The van der Waals surface area contributed by atoms with E-state index in [-0.39, 0.29) is 17.5 Å². The molecule has 1 aromatic rings. The maximum absolute atomic E-state index is 13.6. The highest BCUT2D eigenvalue weighted by atomic mass is 19.1. The van der Waals surface area contributed by atoms with Crippen LogP contribution in [0.5, 0.6) is 0 Å². The van der Waals surface area contributed by atoms with E-state index in [0.29, 0.717) is 11.1 Å². The average Bonchev–Trinajstić information content (AvgIpc) is 2.31. The van der Waals surface area contributed by atoms with Gasteiger partial charge in [0.15, 0.2) is 0 Å². The third kappa shape index (κ3) is 3.46. The molecule has 1 fully saturated rings. The molecule has 0 aromatic heterocycles. The van der Waals surface area contributed by atoms with Crippen LogP contribution in [0.1, 0.15) is 49.9 Å². The van der Waals surface area contributed by atoms with Gasteiger partial charge in [-0.05, 0) is 49.3 Å². The predicted molar refractivity (Wildman–Crippen MR) is 74.3 cm³/mol. The van der Waals surface area contributed by atoms with Crippen LogP contribution in [0, 0.1) is 11.2 Å². The van der Waals surface area contributed by atoms with Gasteiger partial charge in [0.25, 0.3) is 5.91 Å². The molecule has 3 nitrogen and oxygen atoms in total. The zero-order chi connectivity index (χ0) is 14.0. The minimum absolute atomic E-state index is 0.0685. The van der Waals surface area contributed by atoms with Crippen molar-refractivity contribution < 1.29 is 9.18 Å². The monoisotopic (exact) mass is 264 g/mol. The lowest BCUT2D eigenvalue weighted by Crippen LogP contribution is -2.39. The lowest BCUT2D eigenvalue weighted by atomic mass is 9.75. The minimum Gasteiger partial charge on any atom is -0.399 e. The Morgan fingerprint density at radius 3 is 2.58 bits per heavy atom. The Balaban J connectivity index is 1.98. The second-order valence-corrected chi connectivity index (χ2v) is 6.15. The highest BCUT2D eigenvalue weighted by molar-refractivity contribution is 5.95. The molecule has 0 heterocycles. The van der Waals surface area contributed by atoms with E-state index in [1.54, 1.807) is 6.07 Å². The molecule has 0 spiro atoms. The summed E-state index contributed by atoms with van der Waals surface area (Å²) in [6, 6.07) is 4.31. The number of carbonyl (C=O) groups excluding carboxylic acids is 1. The predicted octanol–water partition coefficient (Wildman–Crippen LogP) is 3.11. The average molecular weight is 264 g/mol. The molecule has 0 aliphatic heterocycles. The number of halogens is 1. The van der Waals surface area contributed by atoms with Crippen molar-refractivity contribution >= 4 is 11.6 Å². The first kappa shape index (κ1) is 13.8. The van der Waals surface area contributed by atoms with Crippen LogP contribution in [-0.4, -0.2) is 11.9 Å². The van der Waals surface area contributed by atoms with Crippen molar-refractivity contribution in [1.29, 1.82) is 0 Å². The van der Waals surface area contributed by atoms with Gasteiger partial charge >= 0.3 is 0 Å². The van der Waals surface area contributed by atoms with Gasteiger partial charge in [-0.1, -0.05) is 13.8 Å². The van der Waals surface area contributed by atoms with Crippen molar-refractivity contribution in [2.75, 3.05) is 5.73 Å². The van der Waals surface area contributed by atoms with Gasteiger partial charge in [-0.3, -0.25) is 4.79 Å². The van der Waals surface area contributed by atoms with E-state index in [9.17, 15) is 9.18 Å². The Hall–Kier alpha value is -1.58. The summed E-state index contributed by atoms with van der Waals surface area (Å²) in [6.07, 6.45) is 4.08. The van der Waals surface area contributed by atoms with E-state index in [0.717, 1.165) is 25.7 Å². The molecule has 1 amide bonds. The number of amides is 1. The molecule has 3 N–H and O–H groups in total. The molecule has 0 atom stereocenters. The van der Waals surface area contributed by atoms with Gasteiger partial charge in [0, 0.05) is 11.7 Å². The molecule has 1 aliphatic rings. The first-order chi connectivity index (χ1) is 8.87. The number of benzene rings is 1. The Kier molecular flexibility index (Phi) is 3.78. The first-order valence-electron chi connectivity index (χ1n) is 6.73. The topological polar surface area (TPSA) is 55.1 Å². The van der Waals surface area contributed by atoms with Crippen LogP contribution in [0.25, 0.3) is 0 Å². The van der Waals surface area contributed by atoms with Crippen LogP contribution < -0.4 is 11.1 Å². The molecule has 1 aromatic carbocycles. The Morgan fingerprint density at radius 1 is 1.37 bits per heavy atom. The summed E-state index contributed by atoms with van der Waals surface area (Å²) < 4.78 is 13.6. The van der Waals surface area contributed by atoms with Crippen LogP contribution in [0.15, 0.2) is 18.2 Å². The molecule has 2 rings (SSSR count). The molecular weight excluding hydrogens is 243 g/mol. The summed E-state index contributed by atoms with van der Waals surface area (Å²) in [5.74, 6) is -0.907. The molecular formula is C15H21FN2O. The van der Waals surface area contributed by atoms with Gasteiger partial charge in [-0.15, -0.1) is 0 Å². The number of anilines is 1. The standard InChI is InChI=1S/C15H21FN2O/c1-15(2)7-5-11(6-8-15)18-14(19)12-4-3-10(17)9-13(12)16/h3-4,9,11H,5-8,17H2,1-2H3,(H,18,19).